The molecular formula is C17H16N4O2. The van der Waals surface area contributed by atoms with Crippen molar-refractivity contribution in [2.24, 2.45) is 5.16 Å². The summed E-state index contributed by atoms with van der Waals surface area (Å²) < 4.78 is 1.44. The van der Waals surface area contributed by atoms with Crippen LogP contribution in [-0.4, -0.2) is 20.8 Å². The lowest BCUT2D eigenvalue weighted by Gasteiger charge is -2.10. The highest BCUT2D eigenvalue weighted by Crippen LogP contribution is 2.12. The van der Waals surface area contributed by atoms with Gasteiger partial charge in [0.25, 0.3) is 5.56 Å². The molecule has 0 amide bonds. The molecule has 116 valence electrons. The molecule has 0 aliphatic rings. The zero-order valence-corrected chi connectivity index (χ0v) is 12.6. The summed E-state index contributed by atoms with van der Waals surface area (Å²) in [6.07, 6.45) is 2.82. The fourth-order valence-corrected chi connectivity index (χ4v) is 2.35. The fraction of sp³-hybridized carbons (Fsp3) is 0.118. The number of aromatic nitrogens is 2. The van der Waals surface area contributed by atoms with Crippen LogP contribution in [-0.2, 0) is 6.54 Å². The number of aryl methyl sites for hydroxylation is 1. The summed E-state index contributed by atoms with van der Waals surface area (Å²) in [5, 5.41) is 15.0. The van der Waals surface area contributed by atoms with Crippen molar-refractivity contribution in [2.75, 3.05) is 5.32 Å². The van der Waals surface area contributed by atoms with Crippen LogP contribution in [0.5, 0.6) is 0 Å². The Balaban J connectivity index is 2.06. The molecule has 3 aromatic rings. The van der Waals surface area contributed by atoms with Gasteiger partial charge in [-0.3, -0.25) is 9.20 Å². The number of benzene rings is 1. The summed E-state index contributed by atoms with van der Waals surface area (Å²) in [5.41, 5.74) is 2.47. The number of hydrogen-bond acceptors (Lipinski definition) is 5. The number of pyridine rings is 1. The van der Waals surface area contributed by atoms with E-state index < -0.39 is 0 Å². The lowest BCUT2D eigenvalue weighted by atomic mass is 10.2. The van der Waals surface area contributed by atoms with Crippen LogP contribution in [0.2, 0.25) is 0 Å². The molecule has 23 heavy (non-hydrogen) atoms. The van der Waals surface area contributed by atoms with E-state index in [0.29, 0.717) is 18.0 Å². The number of nitrogens with zero attached hydrogens (tertiary/aromatic N) is 3. The van der Waals surface area contributed by atoms with Gasteiger partial charge in [-0.1, -0.05) is 41.6 Å². The van der Waals surface area contributed by atoms with Crippen molar-refractivity contribution in [3.05, 3.63) is 75.7 Å². The maximum atomic E-state index is 12.6. The molecule has 2 heterocycles. The van der Waals surface area contributed by atoms with Gasteiger partial charge in [0.05, 0.1) is 6.21 Å². The molecule has 0 spiro atoms. The molecule has 0 fully saturated rings. The molecule has 0 aliphatic carbocycles. The highest BCUT2D eigenvalue weighted by atomic mass is 16.4. The van der Waals surface area contributed by atoms with Gasteiger partial charge in [-0.15, -0.1) is 0 Å². The zero-order valence-electron chi connectivity index (χ0n) is 12.6. The maximum absolute atomic E-state index is 12.6. The number of hydrogen-bond donors (Lipinski definition) is 2. The minimum Gasteiger partial charge on any atom is -0.411 e. The van der Waals surface area contributed by atoms with Crippen molar-refractivity contribution in [1.29, 1.82) is 0 Å². The van der Waals surface area contributed by atoms with Crippen LogP contribution in [0.4, 0.5) is 5.82 Å². The smallest absolute Gasteiger partial charge is 0.268 e. The summed E-state index contributed by atoms with van der Waals surface area (Å²) in [6.45, 7) is 2.41. The summed E-state index contributed by atoms with van der Waals surface area (Å²) >= 11 is 0. The third-order valence-electron chi connectivity index (χ3n) is 3.50. The molecule has 6 nitrogen and oxygen atoms in total. The van der Waals surface area contributed by atoms with Crippen LogP contribution < -0.4 is 10.9 Å². The average Bonchev–Trinajstić information content (AvgIpc) is 2.57. The Labute approximate surface area is 132 Å². The molecule has 0 unspecified atom stereocenters. The van der Waals surface area contributed by atoms with Gasteiger partial charge in [-0.25, -0.2) is 4.98 Å². The first-order chi connectivity index (χ1) is 11.2. The Kier molecular flexibility index (Phi) is 4.05. The van der Waals surface area contributed by atoms with E-state index in [4.69, 9.17) is 5.21 Å². The minimum absolute atomic E-state index is 0.214. The first-order valence-electron chi connectivity index (χ1n) is 7.17. The first-order valence-corrected chi connectivity index (χ1v) is 7.17. The number of fused-ring (bicyclic) bond motifs is 1. The molecule has 0 aliphatic heterocycles. The van der Waals surface area contributed by atoms with E-state index in [1.807, 2.05) is 43.3 Å². The molecule has 0 radical (unpaired) electrons. The van der Waals surface area contributed by atoms with Gasteiger partial charge in [0, 0.05) is 12.7 Å². The summed E-state index contributed by atoms with van der Waals surface area (Å²) in [7, 11) is 0. The van der Waals surface area contributed by atoms with E-state index in [9.17, 15) is 4.79 Å². The third kappa shape index (κ3) is 3.06. The molecule has 0 saturated heterocycles. The second kappa shape index (κ2) is 6.31. The monoisotopic (exact) mass is 308 g/mol. The highest BCUT2D eigenvalue weighted by molar-refractivity contribution is 5.86. The SMILES string of the molecule is Cc1ccc2nc(NCc3ccccc3)c(C=NO)c(=O)n2c1. The van der Waals surface area contributed by atoms with E-state index in [1.54, 1.807) is 12.3 Å². The molecule has 1 aromatic carbocycles. The van der Waals surface area contributed by atoms with Crippen molar-refractivity contribution in [3.8, 4) is 0 Å². The highest BCUT2D eigenvalue weighted by Gasteiger charge is 2.11. The van der Waals surface area contributed by atoms with Gasteiger partial charge in [0.1, 0.15) is 17.0 Å². The molecule has 2 N–H and O–H groups in total. The van der Waals surface area contributed by atoms with Crippen molar-refractivity contribution in [2.45, 2.75) is 13.5 Å². The topological polar surface area (TPSA) is 79.0 Å². The number of nitrogens with one attached hydrogen (secondary N) is 1. The fourth-order valence-electron chi connectivity index (χ4n) is 2.35. The molecule has 0 bridgehead atoms. The van der Waals surface area contributed by atoms with Crippen molar-refractivity contribution in [3.63, 3.8) is 0 Å². The Hall–Kier alpha value is -3.15. The van der Waals surface area contributed by atoms with Crippen molar-refractivity contribution in [1.82, 2.24) is 9.38 Å². The Morgan fingerprint density at radius 3 is 2.78 bits per heavy atom. The van der Waals surface area contributed by atoms with E-state index in [1.165, 1.54) is 4.40 Å². The lowest BCUT2D eigenvalue weighted by Crippen LogP contribution is -2.22. The van der Waals surface area contributed by atoms with Gasteiger partial charge in [0.15, 0.2) is 0 Å². The Bertz CT molecular complexity index is 917. The van der Waals surface area contributed by atoms with E-state index in [0.717, 1.165) is 17.3 Å². The van der Waals surface area contributed by atoms with Crippen LogP contribution >= 0.6 is 0 Å². The van der Waals surface area contributed by atoms with Gasteiger partial charge >= 0.3 is 0 Å². The predicted molar refractivity (Wildman–Crippen MR) is 89.3 cm³/mol. The van der Waals surface area contributed by atoms with Crippen LogP contribution in [0.1, 0.15) is 16.7 Å². The Morgan fingerprint density at radius 1 is 1.26 bits per heavy atom. The van der Waals surface area contributed by atoms with Gasteiger partial charge in [0.2, 0.25) is 0 Å². The molecule has 0 saturated carbocycles. The second-order valence-electron chi connectivity index (χ2n) is 5.20. The molecule has 6 heteroatoms. The summed E-state index contributed by atoms with van der Waals surface area (Å²) in [4.78, 5) is 17.0. The summed E-state index contributed by atoms with van der Waals surface area (Å²) in [5.74, 6) is 0.389. The normalized spacial score (nSPS) is 11.2. The average molecular weight is 308 g/mol. The standard InChI is InChI=1S/C17H16N4O2/c1-12-7-8-15-20-16(18-9-13-5-3-2-4-6-13)14(10-19-23)17(22)21(15)11-12/h2-8,10-11,18,23H,9H2,1H3. The van der Waals surface area contributed by atoms with E-state index in [-0.39, 0.29) is 11.1 Å². The molecular weight excluding hydrogens is 292 g/mol. The first kappa shape index (κ1) is 14.8. The number of rotatable bonds is 4. The Morgan fingerprint density at radius 2 is 2.04 bits per heavy atom. The van der Waals surface area contributed by atoms with Crippen LogP contribution in [0.3, 0.4) is 0 Å². The van der Waals surface area contributed by atoms with Gasteiger partial charge in [-0.05, 0) is 24.1 Å². The van der Waals surface area contributed by atoms with Crippen molar-refractivity contribution >= 4 is 17.7 Å². The third-order valence-corrected chi connectivity index (χ3v) is 3.50. The lowest BCUT2D eigenvalue weighted by molar-refractivity contribution is 0.322. The van der Waals surface area contributed by atoms with Crippen molar-refractivity contribution < 1.29 is 5.21 Å². The van der Waals surface area contributed by atoms with E-state index in [2.05, 4.69) is 15.5 Å². The minimum atomic E-state index is -0.285. The predicted octanol–water partition coefficient (Wildman–Crippen LogP) is 2.42. The zero-order chi connectivity index (χ0) is 16.2. The second-order valence-corrected chi connectivity index (χ2v) is 5.20. The van der Waals surface area contributed by atoms with Crippen LogP contribution in [0.15, 0.2) is 58.6 Å². The van der Waals surface area contributed by atoms with E-state index >= 15 is 0 Å². The van der Waals surface area contributed by atoms with Gasteiger partial charge < -0.3 is 10.5 Å². The van der Waals surface area contributed by atoms with Crippen LogP contribution in [0, 0.1) is 6.92 Å². The molecule has 0 atom stereocenters. The maximum Gasteiger partial charge on any atom is 0.268 e. The summed E-state index contributed by atoms with van der Waals surface area (Å²) in [6, 6.07) is 13.5. The van der Waals surface area contributed by atoms with Crippen LogP contribution in [0.25, 0.3) is 5.65 Å². The quantitative estimate of drug-likeness (QED) is 0.441. The van der Waals surface area contributed by atoms with Gasteiger partial charge in [-0.2, -0.15) is 0 Å². The molecule has 3 rings (SSSR count). The molecule has 2 aromatic heterocycles. The number of anilines is 1. The largest absolute Gasteiger partial charge is 0.411 e. The number of oxime groups is 1.